The number of rotatable bonds is 1. The van der Waals surface area contributed by atoms with Crippen LogP contribution in [0.2, 0.25) is 0 Å². The Morgan fingerprint density at radius 3 is 2.86 bits per heavy atom. The van der Waals surface area contributed by atoms with E-state index in [2.05, 4.69) is 4.98 Å². The zero-order chi connectivity index (χ0) is 15.4. The van der Waals surface area contributed by atoms with Crippen molar-refractivity contribution in [3.05, 3.63) is 22.1 Å². The van der Waals surface area contributed by atoms with Crippen molar-refractivity contribution in [2.45, 2.75) is 44.7 Å². The van der Waals surface area contributed by atoms with Crippen molar-refractivity contribution in [1.29, 1.82) is 0 Å². The lowest BCUT2D eigenvalue weighted by atomic mass is 9.87. The number of hydrogen-bond acceptors (Lipinski definition) is 4. The fraction of sp³-hybridized carbons (Fsp3) is 0.692. The molecule has 0 aliphatic carbocycles. The smallest absolute Gasteiger partial charge is 0.423 e. The number of ether oxygens (including phenoxy) is 2. The van der Waals surface area contributed by atoms with Crippen molar-refractivity contribution < 1.29 is 22.6 Å². The molecule has 3 heterocycles. The van der Waals surface area contributed by atoms with Crippen LogP contribution in [0.3, 0.4) is 0 Å². The topological polar surface area (TPSA) is 53.3 Å². The van der Waals surface area contributed by atoms with Crippen LogP contribution in [0, 0.1) is 5.92 Å². The summed E-state index contributed by atoms with van der Waals surface area (Å²) in [6.45, 7) is 4.11. The SMILES string of the molecule is CC[C@@]12COc3nc(=O)c(C(F)(F)F)cn3[C@@H](C[C@@H]1C)O2. The van der Waals surface area contributed by atoms with E-state index in [1.807, 2.05) is 13.8 Å². The van der Waals surface area contributed by atoms with Crippen molar-refractivity contribution in [3.8, 4) is 6.01 Å². The molecule has 2 aliphatic rings. The molecule has 1 fully saturated rings. The van der Waals surface area contributed by atoms with Gasteiger partial charge in [0.15, 0.2) is 0 Å². The van der Waals surface area contributed by atoms with Crippen LogP contribution in [0.25, 0.3) is 0 Å². The predicted molar refractivity (Wildman–Crippen MR) is 65.9 cm³/mol. The molecule has 0 saturated carbocycles. The Kier molecular flexibility index (Phi) is 3.05. The summed E-state index contributed by atoms with van der Waals surface area (Å²) in [4.78, 5) is 14.9. The molecule has 21 heavy (non-hydrogen) atoms. The summed E-state index contributed by atoms with van der Waals surface area (Å²) in [5, 5.41) is 0. The van der Waals surface area contributed by atoms with Crippen LogP contribution in [0.15, 0.2) is 11.0 Å². The van der Waals surface area contributed by atoms with Gasteiger partial charge in [-0.2, -0.15) is 18.2 Å². The molecule has 116 valence electrons. The second-order valence-corrected chi connectivity index (χ2v) is 5.56. The van der Waals surface area contributed by atoms with Gasteiger partial charge in [-0.15, -0.1) is 0 Å². The normalized spacial score (nSPS) is 31.5. The number of hydrogen-bond donors (Lipinski definition) is 0. The van der Waals surface area contributed by atoms with E-state index >= 15 is 0 Å². The summed E-state index contributed by atoms with van der Waals surface area (Å²) in [6.07, 6.45) is -3.35. The fourth-order valence-corrected chi connectivity index (χ4v) is 2.98. The number of aromatic nitrogens is 2. The van der Waals surface area contributed by atoms with Crippen molar-refractivity contribution in [1.82, 2.24) is 9.55 Å². The third-order valence-corrected chi connectivity index (χ3v) is 4.40. The minimum Gasteiger partial charge on any atom is -0.461 e. The van der Waals surface area contributed by atoms with Crippen LogP contribution in [0.4, 0.5) is 13.2 Å². The molecule has 8 heteroatoms. The lowest BCUT2D eigenvalue weighted by Gasteiger charge is -2.29. The minimum absolute atomic E-state index is 0.111. The van der Waals surface area contributed by atoms with Gasteiger partial charge in [0.1, 0.15) is 24.0 Å². The molecule has 0 unspecified atom stereocenters. The van der Waals surface area contributed by atoms with Gasteiger partial charge in [0.25, 0.3) is 5.56 Å². The third kappa shape index (κ3) is 2.12. The Labute approximate surface area is 118 Å². The standard InChI is InChI=1S/C13H15F3N2O3/c1-3-12-6-20-11-17-10(19)8(13(14,15)16)5-18(11)9(21-12)4-7(12)2/h5,7,9H,3-4,6H2,1-2H3/t7-,9+,12+/m0/s1. The maximum Gasteiger partial charge on any atom is 0.423 e. The molecule has 2 bridgehead atoms. The molecule has 1 aromatic rings. The van der Waals surface area contributed by atoms with Gasteiger partial charge in [0, 0.05) is 6.20 Å². The Balaban J connectivity index is 2.11. The van der Waals surface area contributed by atoms with E-state index in [4.69, 9.17) is 9.47 Å². The molecule has 0 aromatic carbocycles. The van der Waals surface area contributed by atoms with Crippen LogP contribution < -0.4 is 10.3 Å². The Hall–Kier alpha value is -1.57. The fourth-order valence-electron chi connectivity index (χ4n) is 2.98. The minimum atomic E-state index is -4.75. The highest BCUT2D eigenvalue weighted by molar-refractivity contribution is 5.16. The van der Waals surface area contributed by atoms with Crippen LogP contribution in [0.5, 0.6) is 6.01 Å². The van der Waals surface area contributed by atoms with Gasteiger partial charge in [-0.25, -0.2) is 0 Å². The molecule has 1 saturated heterocycles. The van der Waals surface area contributed by atoms with Crippen LogP contribution >= 0.6 is 0 Å². The monoisotopic (exact) mass is 304 g/mol. The molecule has 0 N–H and O–H groups in total. The zero-order valence-electron chi connectivity index (χ0n) is 11.6. The molecule has 0 spiro atoms. The number of alkyl halides is 3. The third-order valence-electron chi connectivity index (χ3n) is 4.40. The second kappa shape index (κ2) is 4.46. The summed E-state index contributed by atoms with van der Waals surface area (Å²) in [5.74, 6) is 0.148. The first-order valence-corrected chi connectivity index (χ1v) is 6.78. The summed E-state index contributed by atoms with van der Waals surface area (Å²) >= 11 is 0. The molecule has 2 aliphatic heterocycles. The highest BCUT2D eigenvalue weighted by Crippen LogP contribution is 2.46. The van der Waals surface area contributed by atoms with E-state index in [1.54, 1.807) is 0 Å². The second-order valence-electron chi connectivity index (χ2n) is 5.56. The van der Waals surface area contributed by atoms with Gasteiger partial charge in [-0.05, 0) is 18.8 Å². The molecular formula is C13H15F3N2O3. The largest absolute Gasteiger partial charge is 0.461 e. The Morgan fingerprint density at radius 2 is 2.24 bits per heavy atom. The lowest BCUT2D eigenvalue weighted by Crippen LogP contribution is -2.39. The maximum absolute atomic E-state index is 12.8. The van der Waals surface area contributed by atoms with Gasteiger partial charge in [0.05, 0.1) is 0 Å². The number of halogens is 3. The molecule has 0 radical (unpaired) electrons. The van der Waals surface area contributed by atoms with Crippen LogP contribution in [0.1, 0.15) is 38.5 Å². The van der Waals surface area contributed by atoms with Crippen LogP contribution in [-0.2, 0) is 10.9 Å². The molecule has 0 amide bonds. The van der Waals surface area contributed by atoms with E-state index < -0.39 is 29.1 Å². The van der Waals surface area contributed by atoms with E-state index in [0.29, 0.717) is 12.8 Å². The molecule has 5 nitrogen and oxygen atoms in total. The Morgan fingerprint density at radius 1 is 1.52 bits per heavy atom. The van der Waals surface area contributed by atoms with Crippen LogP contribution in [-0.4, -0.2) is 21.8 Å². The summed E-state index contributed by atoms with van der Waals surface area (Å²) in [5.41, 5.74) is -3.17. The first kappa shape index (κ1) is 14.4. The Bertz CT molecular complexity index is 628. The predicted octanol–water partition coefficient (Wildman–Crippen LogP) is 2.36. The van der Waals surface area contributed by atoms with Crippen molar-refractivity contribution in [3.63, 3.8) is 0 Å². The van der Waals surface area contributed by atoms with Gasteiger partial charge < -0.3 is 9.47 Å². The average molecular weight is 304 g/mol. The lowest BCUT2D eigenvalue weighted by molar-refractivity contribution is -0.139. The zero-order valence-corrected chi connectivity index (χ0v) is 11.6. The van der Waals surface area contributed by atoms with Crippen molar-refractivity contribution >= 4 is 0 Å². The van der Waals surface area contributed by atoms with E-state index in [1.165, 1.54) is 4.57 Å². The van der Waals surface area contributed by atoms with Gasteiger partial charge in [-0.1, -0.05) is 13.8 Å². The highest BCUT2D eigenvalue weighted by Gasteiger charge is 2.49. The molecule has 1 aromatic heterocycles. The first-order chi connectivity index (χ1) is 9.77. The van der Waals surface area contributed by atoms with E-state index in [-0.39, 0.29) is 18.5 Å². The average Bonchev–Trinajstić information content (AvgIpc) is 2.63. The number of nitrogens with zero attached hydrogens (tertiary/aromatic N) is 2. The summed E-state index contributed by atoms with van der Waals surface area (Å²) in [7, 11) is 0. The molecule has 3 rings (SSSR count). The number of fused-ring (bicyclic) bond motifs is 4. The van der Waals surface area contributed by atoms with Crippen molar-refractivity contribution in [2.24, 2.45) is 5.92 Å². The van der Waals surface area contributed by atoms with E-state index in [0.717, 1.165) is 6.20 Å². The first-order valence-electron chi connectivity index (χ1n) is 6.78. The maximum atomic E-state index is 12.8. The van der Waals surface area contributed by atoms with Gasteiger partial charge in [0.2, 0.25) is 0 Å². The highest BCUT2D eigenvalue weighted by atomic mass is 19.4. The quantitative estimate of drug-likeness (QED) is 0.799. The molecular weight excluding hydrogens is 289 g/mol. The summed E-state index contributed by atoms with van der Waals surface area (Å²) in [6, 6.07) is -0.111. The summed E-state index contributed by atoms with van der Waals surface area (Å²) < 4.78 is 51.1. The van der Waals surface area contributed by atoms with E-state index in [9.17, 15) is 18.0 Å². The molecule has 3 atom stereocenters. The van der Waals surface area contributed by atoms with Gasteiger partial charge >= 0.3 is 12.2 Å². The van der Waals surface area contributed by atoms with Gasteiger partial charge in [-0.3, -0.25) is 9.36 Å². The van der Waals surface area contributed by atoms with Crippen molar-refractivity contribution in [2.75, 3.05) is 6.61 Å².